The van der Waals surface area contributed by atoms with Crippen molar-refractivity contribution in [1.82, 2.24) is 10.2 Å². The molecule has 140 valence electrons. The number of benzene rings is 1. The highest BCUT2D eigenvalue weighted by atomic mass is 35.5. The van der Waals surface area contributed by atoms with Crippen molar-refractivity contribution in [3.63, 3.8) is 0 Å². The summed E-state index contributed by atoms with van der Waals surface area (Å²) in [5.41, 5.74) is 0.788. The van der Waals surface area contributed by atoms with E-state index >= 15 is 0 Å². The van der Waals surface area contributed by atoms with Crippen molar-refractivity contribution in [2.75, 3.05) is 19.6 Å². The third kappa shape index (κ3) is 5.60. The first kappa shape index (κ1) is 22.3. The van der Waals surface area contributed by atoms with Crippen molar-refractivity contribution in [2.45, 2.75) is 32.4 Å². The van der Waals surface area contributed by atoms with Crippen molar-refractivity contribution in [3.05, 3.63) is 46.9 Å². The van der Waals surface area contributed by atoms with Gasteiger partial charge in [0.05, 0.1) is 11.6 Å². The van der Waals surface area contributed by atoms with Gasteiger partial charge in [-0.05, 0) is 56.3 Å². The average molecular weight is 410 g/mol. The smallest absolute Gasteiger partial charge is 0.141 e. The Morgan fingerprint density at radius 3 is 2.80 bits per heavy atom. The molecule has 1 atom stereocenters. The van der Waals surface area contributed by atoms with Crippen LogP contribution in [0.15, 0.2) is 34.7 Å². The number of nitrogens with one attached hydrogen (secondary N) is 1. The summed E-state index contributed by atoms with van der Waals surface area (Å²) < 4.78 is 19.0. The fourth-order valence-electron chi connectivity index (χ4n) is 3.18. The molecular weight excluding hydrogens is 386 g/mol. The van der Waals surface area contributed by atoms with Gasteiger partial charge in [-0.25, -0.2) is 4.39 Å². The number of likely N-dealkylation sites (N-methyl/N-ethyl adjacent to an activating group) is 1. The zero-order valence-electron chi connectivity index (χ0n) is 14.1. The summed E-state index contributed by atoms with van der Waals surface area (Å²) in [6.45, 7) is 6.21. The Hall–Kier alpha value is -0.780. The van der Waals surface area contributed by atoms with Gasteiger partial charge in [-0.1, -0.05) is 18.5 Å². The number of nitrogens with zero attached hydrogens (tertiary/aromatic N) is 1. The second kappa shape index (κ2) is 10.4. The zero-order chi connectivity index (χ0) is 16.2. The van der Waals surface area contributed by atoms with Crippen LogP contribution in [0.2, 0.25) is 5.02 Å². The molecule has 1 unspecified atom stereocenters. The van der Waals surface area contributed by atoms with Gasteiger partial charge in [-0.15, -0.1) is 24.8 Å². The molecule has 1 N–H and O–H groups in total. The lowest BCUT2D eigenvalue weighted by Crippen LogP contribution is -2.37. The van der Waals surface area contributed by atoms with Crippen LogP contribution in [0.25, 0.3) is 11.3 Å². The van der Waals surface area contributed by atoms with Crippen molar-refractivity contribution < 1.29 is 8.81 Å². The zero-order valence-corrected chi connectivity index (χ0v) is 16.5. The maximum Gasteiger partial charge on any atom is 0.141 e. The van der Waals surface area contributed by atoms with Crippen LogP contribution in [0.5, 0.6) is 0 Å². The molecule has 1 aromatic heterocycles. The van der Waals surface area contributed by atoms with Gasteiger partial charge in [0.2, 0.25) is 0 Å². The van der Waals surface area contributed by atoms with E-state index in [1.807, 2.05) is 12.1 Å². The molecule has 2 aromatic rings. The molecule has 2 heterocycles. The number of likely N-dealkylation sites (tertiary alicyclic amines) is 1. The number of halogens is 4. The van der Waals surface area contributed by atoms with Gasteiger partial charge in [0.15, 0.2) is 0 Å². The van der Waals surface area contributed by atoms with E-state index in [0.717, 1.165) is 24.4 Å². The summed E-state index contributed by atoms with van der Waals surface area (Å²) >= 11 is 5.82. The SMILES string of the molecule is CCN1CCCC1CNCc1ccc(-c2ccc(F)c(Cl)c2)o1.Cl.Cl. The van der Waals surface area contributed by atoms with Gasteiger partial charge < -0.3 is 9.73 Å². The van der Waals surface area contributed by atoms with Gasteiger partial charge in [-0.3, -0.25) is 4.90 Å². The number of hydrogen-bond donors (Lipinski definition) is 1. The van der Waals surface area contributed by atoms with Crippen LogP contribution in [0, 0.1) is 5.82 Å². The van der Waals surface area contributed by atoms with Crippen LogP contribution >= 0.6 is 36.4 Å². The topological polar surface area (TPSA) is 28.4 Å². The number of rotatable bonds is 6. The Labute approximate surface area is 165 Å². The number of hydrogen-bond acceptors (Lipinski definition) is 3. The third-order valence-corrected chi connectivity index (χ3v) is 4.74. The van der Waals surface area contributed by atoms with Crippen LogP contribution in [0.4, 0.5) is 4.39 Å². The average Bonchev–Trinajstić information content (AvgIpc) is 3.19. The lowest BCUT2D eigenvalue weighted by atomic mass is 10.2. The fourth-order valence-corrected chi connectivity index (χ4v) is 3.36. The molecule has 0 bridgehead atoms. The van der Waals surface area contributed by atoms with E-state index in [2.05, 4.69) is 17.1 Å². The minimum absolute atomic E-state index is 0. The molecule has 0 amide bonds. The predicted octanol–water partition coefficient (Wildman–Crippen LogP) is 5.16. The lowest BCUT2D eigenvalue weighted by Gasteiger charge is -2.22. The molecule has 1 aliphatic rings. The molecule has 3 rings (SSSR count). The van der Waals surface area contributed by atoms with Crippen LogP contribution in [0.1, 0.15) is 25.5 Å². The van der Waals surface area contributed by atoms with E-state index in [4.69, 9.17) is 16.0 Å². The number of furan rings is 1. The second-order valence-electron chi connectivity index (χ2n) is 5.95. The summed E-state index contributed by atoms with van der Waals surface area (Å²) in [6, 6.07) is 9.10. The Balaban J connectivity index is 0.00000156. The van der Waals surface area contributed by atoms with Crippen molar-refractivity contribution in [1.29, 1.82) is 0 Å². The quantitative estimate of drug-likeness (QED) is 0.714. The first-order valence-corrected chi connectivity index (χ1v) is 8.54. The monoisotopic (exact) mass is 408 g/mol. The molecule has 0 saturated carbocycles. The molecular formula is C18H24Cl3FN2O. The van der Waals surface area contributed by atoms with Gasteiger partial charge >= 0.3 is 0 Å². The van der Waals surface area contributed by atoms with E-state index in [0.29, 0.717) is 18.3 Å². The van der Waals surface area contributed by atoms with E-state index in [1.54, 1.807) is 12.1 Å². The minimum atomic E-state index is -0.416. The maximum absolute atomic E-state index is 13.2. The highest BCUT2D eigenvalue weighted by Crippen LogP contribution is 2.26. The molecule has 1 aromatic carbocycles. The van der Waals surface area contributed by atoms with Crippen molar-refractivity contribution in [2.24, 2.45) is 0 Å². The molecule has 1 saturated heterocycles. The standard InChI is InChI=1S/C18H22ClFN2O.2ClH/c1-2-22-9-3-4-14(22)11-21-12-15-6-8-18(23-15)13-5-7-17(20)16(19)10-13;;/h5-8,10,14,21H,2-4,9,11-12H2,1H3;2*1H. The summed E-state index contributed by atoms with van der Waals surface area (Å²) in [5, 5.41) is 3.58. The lowest BCUT2D eigenvalue weighted by molar-refractivity contribution is 0.258. The van der Waals surface area contributed by atoms with Crippen molar-refractivity contribution in [3.8, 4) is 11.3 Å². The fraction of sp³-hybridized carbons (Fsp3) is 0.444. The molecule has 1 fully saturated rings. The normalized spacial score (nSPS) is 17.2. The highest BCUT2D eigenvalue weighted by molar-refractivity contribution is 6.31. The van der Waals surface area contributed by atoms with Gasteiger partial charge in [0.1, 0.15) is 17.3 Å². The predicted molar refractivity (Wildman–Crippen MR) is 106 cm³/mol. The first-order valence-electron chi connectivity index (χ1n) is 8.16. The molecule has 3 nitrogen and oxygen atoms in total. The molecule has 7 heteroatoms. The Morgan fingerprint density at radius 1 is 1.28 bits per heavy atom. The Kier molecular flexibility index (Phi) is 9.25. The van der Waals surface area contributed by atoms with E-state index in [9.17, 15) is 4.39 Å². The largest absolute Gasteiger partial charge is 0.460 e. The molecule has 0 aliphatic carbocycles. The minimum Gasteiger partial charge on any atom is -0.460 e. The Bertz CT molecular complexity index is 666. The van der Waals surface area contributed by atoms with E-state index in [-0.39, 0.29) is 29.8 Å². The van der Waals surface area contributed by atoms with Crippen LogP contribution < -0.4 is 5.32 Å². The van der Waals surface area contributed by atoms with Crippen LogP contribution in [-0.2, 0) is 6.54 Å². The highest BCUT2D eigenvalue weighted by Gasteiger charge is 2.22. The van der Waals surface area contributed by atoms with Gasteiger partial charge in [0, 0.05) is 18.2 Å². The molecule has 25 heavy (non-hydrogen) atoms. The van der Waals surface area contributed by atoms with E-state index in [1.165, 1.54) is 25.5 Å². The summed E-state index contributed by atoms with van der Waals surface area (Å²) in [5.74, 6) is 1.17. The molecule has 1 aliphatic heterocycles. The summed E-state index contributed by atoms with van der Waals surface area (Å²) in [7, 11) is 0. The van der Waals surface area contributed by atoms with Crippen molar-refractivity contribution >= 4 is 36.4 Å². The van der Waals surface area contributed by atoms with Crippen LogP contribution in [0.3, 0.4) is 0 Å². The maximum atomic E-state index is 13.2. The summed E-state index contributed by atoms with van der Waals surface area (Å²) in [4.78, 5) is 2.51. The third-order valence-electron chi connectivity index (χ3n) is 4.45. The van der Waals surface area contributed by atoms with E-state index < -0.39 is 5.82 Å². The van der Waals surface area contributed by atoms with Crippen LogP contribution in [-0.4, -0.2) is 30.6 Å². The van der Waals surface area contributed by atoms with Gasteiger partial charge in [-0.2, -0.15) is 0 Å². The molecule has 0 spiro atoms. The Morgan fingerprint density at radius 2 is 2.08 bits per heavy atom. The molecule has 0 radical (unpaired) electrons. The first-order chi connectivity index (χ1) is 11.2. The summed E-state index contributed by atoms with van der Waals surface area (Å²) in [6.07, 6.45) is 2.55. The second-order valence-corrected chi connectivity index (χ2v) is 6.36. The van der Waals surface area contributed by atoms with Gasteiger partial charge in [0.25, 0.3) is 0 Å².